The van der Waals surface area contributed by atoms with Crippen LogP contribution < -0.4 is 5.73 Å². The fourth-order valence-electron chi connectivity index (χ4n) is 3.26. The summed E-state index contributed by atoms with van der Waals surface area (Å²) in [4.78, 5) is 4.84. The van der Waals surface area contributed by atoms with Gasteiger partial charge in [0.25, 0.3) is 0 Å². The van der Waals surface area contributed by atoms with Crippen molar-refractivity contribution in [3.8, 4) is 11.3 Å². The van der Waals surface area contributed by atoms with Gasteiger partial charge in [0.15, 0.2) is 0 Å². The third-order valence-corrected chi connectivity index (χ3v) is 4.28. The molecular weight excluding hydrogens is 262 g/mol. The van der Waals surface area contributed by atoms with Crippen LogP contribution in [0, 0.1) is 0 Å². The number of aromatic nitrogens is 4. The molecule has 0 saturated heterocycles. The second-order valence-electron chi connectivity index (χ2n) is 7.19. The van der Waals surface area contributed by atoms with Crippen LogP contribution in [0.25, 0.3) is 11.3 Å². The molecule has 2 aromatic rings. The maximum Gasteiger partial charge on any atom is 0.132 e. The van der Waals surface area contributed by atoms with Gasteiger partial charge in [0.05, 0.1) is 5.69 Å². The average molecular weight is 287 g/mol. The molecule has 3 rings (SSSR count). The minimum absolute atomic E-state index is 0.0290. The van der Waals surface area contributed by atoms with Crippen molar-refractivity contribution in [1.29, 1.82) is 0 Å². The predicted octanol–water partition coefficient (Wildman–Crippen LogP) is 3.06. The molecule has 0 amide bonds. The van der Waals surface area contributed by atoms with E-state index in [0.29, 0.717) is 6.04 Å². The first-order chi connectivity index (χ1) is 9.79. The van der Waals surface area contributed by atoms with Crippen molar-refractivity contribution in [2.75, 3.05) is 5.73 Å². The van der Waals surface area contributed by atoms with E-state index < -0.39 is 0 Å². The zero-order valence-electron chi connectivity index (χ0n) is 13.6. The van der Waals surface area contributed by atoms with E-state index in [0.717, 1.165) is 35.0 Å². The van der Waals surface area contributed by atoms with Crippen molar-refractivity contribution in [2.45, 2.75) is 58.4 Å². The fourth-order valence-corrected chi connectivity index (χ4v) is 3.26. The average Bonchev–Trinajstić information content (AvgIpc) is 2.91. The molecule has 1 aliphatic heterocycles. The van der Waals surface area contributed by atoms with Crippen LogP contribution in [0.5, 0.6) is 0 Å². The van der Waals surface area contributed by atoms with Gasteiger partial charge in [0.2, 0.25) is 0 Å². The second kappa shape index (κ2) is 4.61. The Morgan fingerprint density at radius 2 is 2.05 bits per heavy atom. The Labute approximate surface area is 126 Å². The molecule has 0 fully saturated rings. The van der Waals surface area contributed by atoms with Crippen LogP contribution in [0.15, 0.2) is 6.20 Å². The highest BCUT2D eigenvalue weighted by atomic mass is 15.3. The summed E-state index contributed by atoms with van der Waals surface area (Å²) < 4.78 is 4.06. The van der Waals surface area contributed by atoms with Crippen LogP contribution in [-0.2, 0) is 18.9 Å². The summed E-state index contributed by atoms with van der Waals surface area (Å²) in [6.07, 6.45) is 5.41. The molecule has 5 heteroatoms. The molecule has 1 unspecified atom stereocenters. The van der Waals surface area contributed by atoms with Crippen LogP contribution in [0.3, 0.4) is 0 Å². The van der Waals surface area contributed by atoms with Gasteiger partial charge in [-0.05, 0) is 19.8 Å². The number of fused-ring (bicyclic) bond motifs is 1. The minimum Gasteiger partial charge on any atom is -0.383 e. The van der Waals surface area contributed by atoms with Crippen LogP contribution in [0.1, 0.15) is 58.1 Å². The molecule has 114 valence electrons. The maximum absolute atomic E-state index is 6.43. The van der Waals surface area contributed by atoms with E-state index in [1.807, 2.05) is 17.9 Å². The highest BCUT2D eigenvalue weighted by molar-refractivity contribution is 5.73. The Balaban J connectivity index is 2.19. The highest BCUT2D eigenvalue weighted by Gasteiger charge is 2.29. The van der Waals surface area contributed by atoms with Gasteiger partial charge < -0.3 is 10.3 Å². The fraction of sp³-hybridized carbons (Fsp3) is 0.625. The second-order valence-corrected chi connectivity index (χ2v) is 7.19. The molecular formula is C16H25N5. The summed E-state index contributed by atoms with van der Waals surface area (Å²) in [5.74, 6) is 1.90. The molecule has 21 heavy (non-hydrogen) atoms. The van der Waals surface area contributed by atoms with Crippen molar-refractivity contribution in [3.05, 3.63) is 17.7 Å². The molecule has 0 saturated carbocycles. The smallest absolute Gasteiger partial charge is 0.132 e. The van der Waals surface area contributed by atoms with Gasteiger partial charge in [-0.2, -0.15) is 5.10 Å². The van der Waals surface area contributed by atoms with Gasteiger partial charge in [-0.3, -0.25) is 4.68 Å². The molecule has 0 spiro atoms. The van der Waals surface area contributed by atoms with Crippen molar-refractivity contribution >= 4 is 5.82 Å². The number of anilines is 1. The molecule has 0 aliphatic carbocycles. The van der Waals surface area contributed by atoms with E-state index in [-0.39, 0.29) is 5.41 Å². The number of nitrogen functional groups attached to an aromatic ring is 1. The van der Waals surface area contributed by atoms with E-state index in [9.17, 15) is 0 Å². The van der Waals surface area contributed by atoms with Crippen LogP contribution in [0.4, 0.5) is 5.82 Å². The lowest BCUT2D eigenvalue weighted by molar-refractivity contribution is 0.430. The van der Waals surface area contributed by atoms with Gasteiger partial charge in [0, 0.05) is 36.7 Å². The number of nitrogens with zero attached hydrogens (tertiary/aromatic N) is 4. The van der Waals surface area contributed by atoms with Crippen molar-refractivity contribution < 1.29 is 0 Å². The number of hydrogen-bond acceptors (Lipinski definition) is 3. The van der Waals surface area contributed by atoms with E-state index in [2.05, 4.69) is 37.4 Å². The lowest BCUT2D eigenvalue weighted by Crippen LogP contribution is -2.17. The number of rotatable bonds is 1. The predicted molar refractivity (Wildman–Crippen MR) is 85.2 cm³/mol. The Bertz CT molecular complexity index is 672. The van der Waals surface area contributed by atoms with Gasteiger partial charge in [-0.25, -0.2) is 4.98 Å². The zero-order valence-corrected chi connectivity index (χ0v) is 13.6. The van der Waals surface area contributed by atoms with Gasteiger partial charge >= 0.3 is 0 Å². The first-order valence-electron chi connectivity index (χ1n) is 7.70. The van der Waals surface area contributed by atoms with Crippen molar-refractivity contribution in [1.82, 2.24) is 19.3 Å². The number of hydrogen-bond donors (Lipinski definition) is 1. The normalized spacial score (nSPS) is 18.8. The van der Waals surface area contributed by atoms with Gasteiger partial charge in [-0.1, -0.05) is 20.8 Å². The Kier molecular flexibility index (Phi) is 3.11. The van der Waals surface area contributed by atoms with E-state index in [1.165, 1.54) is 12.8 Å². The molecule has 0 aromatic carbocycles. The van der Waals surface area contributed by atoms with Crippen molar-refractivity contribution in [2.24, 2.45) is 7.05 Å². The largest absolute Gasteiger partial charge is 0.383 e. The third-order valence-electron chi connectivity index (χ3n) is 4.28. The molecule has 0 radical (unpaired) electrons. The van der Waals surface area contributed by atoms with Crippen LogP contribution in [-0.4, -0.2) is 19.3 Å². The molecule has 0 bridgehead atoms. The molecule has 1 aliphatic rings. The SMILES string of the molecule is CC1CCCc2nc(-c3cn(C)nc3C(C)(C)C)c(N)n21. The lowest BCUT2D eigenvalue weighted by Gasteiger charge is -2.22. The number of imidazole rings is 1. The molecule has 1 atom stereocenters. The summed E-state index contributed by atoms with van der Waals surface area (Å²) in [7, 11) is 1.95. The Hall–Kier alpha value is -1.78. The lowest BCUT2D eigenvalue weighted by atomic mass is 9.89. The van der Waals surface area contributed by atoms with Crippen molar-refractivity contribution in [3.63, 3.8) is 0 Å². The minimum atomic E-state index is -0.0290. The molecule has 5 nitrogen and oxygen atoms in total. The topological polar surface area (TPSA) is 61.7 Å². The third kappa shape index (κ3) is 2.24. The van der Waals surface area contributed by atoms with E-state index in [1.54, 1.807) is 0 Å². The summed E-state index contributed by atoms with van der Waals surface area (Å²) in [6, 6.07) is 0.435. The summed E-state index contributed by atoms with van der Waals surface area (Å²) in [5.41, 5.74) is 9.42. The van der Waals surface area contributed by atoms with Crippen LogP contribution in [0.2, 0.25) is 0 Å². The van der Waals surface area contributed by atoms with Crippen LogP contribution >= 0.6 is 0 Å². The van der Waals surface area contributed by atoms with E-state index >= 15 is 0 Å². The monoisotopic (exact) mass is 287 g/mol. The summed E-state index contributed by atoms with van der Waals surface area (Å²) in [6.45, 7) is 8.74. The zero-order chi connectivity index (χ0) is 15.4. The quantitative estimate of drug-likeness (QED) is 0.877. The molecule has 2 N–H and O–H groups in total. The summed E-state index contributed by atoms with van der Waals surface area (Å²) in [5, 5.41) is 4.64. The first-order valence-corrected chi connectivity index (χ1v) is 7.70. The standard InChI is InChI=1S/C16H25N5/c1-10-7-6-8-12-18-13(15(17)21(10)12)11-9-20(5)19-14(11)16(2,3)4/h9-10H,6-8,17H2,1-5H3. The first kappa shape index (κ1) is 14.2. The Morgan fingerprint density at radius 3 is 2.67 bits per heavy atom. The number of nitrogens with two attached hydrogens (primary N) is 1. The molecule has 3 heterocycles. The van der Waals surface area contributed by atoms with E-state index in [4.69, 9.17) is 10.7 Å². The molecule has 2 aromatic heterocycles. The van der Waals surface area contributed by atoms with Gasteiger partial charge in [0.1, 0.15) is 17.3 Å². The highest BCUT2D eigenvalue weighted by Crippen LogP contribution is 2.38. The Morgan fingerprint density at radius 1 is 1.33 bits per heavy atom. The summed E-state index contributed by atoms with van der Waals surface area (Å²) >= 11 is 0. The number of aryl methyl sites for hydroxylation is 2. The maximum atomic E-state index is 6.43. The van der Waals surface area contributed by atoms with Gasteiger partial charge in [-0.15, -0.1) is 0 Å².